The topological polar surface area (TPSA) is 35.5 Å². The van der Waals surface area contributed by atoms with E-state index in [2.05, 4.69) is 4.74 Å². The van der Waals surface area contributed by atoms with Crippen molar-refractivity contribution >= 4 is 5.97 Å². The van der Waals surface area contributed by atoms with Crippen molar-refractivity contribution in [3.05, 3.63) is 0 Å². The third-order valence-electron chi connectivity index (χ3n) is 2.15. The molecule has 0 N–H and O–H groups in total. The van der Waals surface area contributed by atoms with Gasteiger partial charge in [-0.15, -0.1) is 0 Å². The van der Waals surface area contributed by atoms with Gasteiger partial charge in [-0.05, 0) is 19.3 Å². The molecular weight excluding hydrogens is 256 g/mol. The number of hydrogen-bond acceptors (Lipinski definition) is 3. The molecule has 0 aromatic heterocycles. The van der Waals surface area contributed by atoms with Gasteiger partial charge in [-0.1, -0.05) is 6.42 Å². The second-order valence-electron chi connectivity index (χ2n) is 3.79. The number of rotatable bonds is 9. The molecule has 0 amide bonds. The molecule has 1 unspecified atom stereocenters. The van der Waals surface area contributed by atoms with E-state index in [1.54, 1.807) is 0 Å². The smallest absolute Gasteiger partial charge is 0.425 e. The Morgan fingerprint density at radius 3 is 2.33 bits per heavy atom. The zero-order valence-corrected chi connectivity index (χ0v) is 10.3. The van der Waals surface area contributed by atoms with Crippen molar-refractivity contribution in [2.75, 3.05) is 19.9 Å². The predicted molar refractivity (Wildman–Crippen MR) is 56.9 cm³/mol. The van der Waals surface area contributed by atoms with Gasteiger partial charge in [0, 0.05) is 13.5 Å². The largest absolute Gasteiger partial charge is 0.453 e. The number of unbranched alkanes of at least 4 members (excludes halogenated alkanes) is 2. The Kier molecular flexibility index (Phi) is 8.70. The fraction of sp³-hybridized carbons (Fsp3) is 0.909. The Morgan fingerprint density at radius 2 is 1.83 bits per heavy atom. The third-order valence-corrected chi connectivity index (χ3v) is 2.15. The van der Waals surface area contributed by atoms with Crippen molar-refractivity contribution in [2.45, 2.75) is 44.9 Å². The van der Waals surface area contributed by atoms with E-state index in [4.69, 9.17) is 4.74 Å². The van der Waals surface area contributed by atoms with E-state index in [0.29, 0.717) is 19.4 Å². The molecule has 0 aromatic rings. The lowest BCUT2D eigenvalue weighted by molar-refractivity contribution is -0.221. The molecule has 0 aliphatic heterocycles. The van der Waals surface area contributed by atoms with E-state index in [9.17, 15) is 22.4 Å². The Labute approximate surface area is 103 Å². The van der Waals surface area contributed by atoms with Crippen LogP contribution in [0.3, 0.4) is 0 Å². The second-order valence-corrected chi connectivity index (χ2v) is 3.79. The molecule has 0 spiro atoms. The summed E-state index contributed by atoms with van der Waals surface area (Å²) >= 11 is 0. The molecule has 0 radical (unpaired) electrons. The molecule has 0 aliphatic carbocycles. The van der Waals surface area contributed by atoms with Gasteiger partial charge in [0.25, 0.3) is 0 Å². The minimum Gasteiger partial charge on any atom is -0.453 e. The molecule has 0 saturated heterocycles. The van der Waals surface area contributed by atoms with Gasteiger partial charge in [0.05, 0.1) is 6.61 Å². The Hall–Kier alpha value is -0.850. The van der Waals surface area contributed by atoms with Crippen LogP contribution in [0.1, 0.15) is 32.6 Å². The molecule has 0 heterocycles. The number of halogens is 4. The predicted octanol–water partition coefficient (Wildman–Crippen LogP) is 3.03. The lowest BCUT2D eigenvalue weighted by Gasteiger charge is -2.19. The van der Waals surface area contributed by atoms with Crippen LogP contribution in [-0.4, -0.2) is 38.1 Å². The van der Waals surface area contributed by atoms with Gasteiger partial charge in [-0.25, -0.2) is 4.39 Å². The summed E-state index contributed by atoms with van der Waals surface area (Å²) in [5.74, 6) is -0.941. The molecule has 1 atom stereocenters. The van der Waals surface area contributed by atoms with Gasteiger partial charge >= 0.3 is 12.1 Å². The summed E-state index contributed by atoms with van der Waals surface area (Å²) < 4.78 is 57.9. The van der Waals surface area contributed by atoms with E-state index in [1.807, 2.05) is 0 Å². The van der Waals surface area contributed by atoms with Gasteiger partial charge in [0.2, 0.25) is 0 Å². The van der Waals surface area contributed by atoms with Crippen molar-refractivity contribution in [1.29, 1.82) is 0 Å². The number of hydrogen-bond donors (Lipinski definition) is 0. The van der Waals surface area contributed by atoms with Crippen molar-refractivity contribution in [3.63, 3.8) is 0 Å². The maximum Gasteiger partial charge on any atom is 0.425 e. The molecular formula is C11H18F4O3. The second kappa shape index (κ2) is 9.13. The number of ether oxygens (including phenoxy) is 2. The summed E-state index contributed by atoms with van der Waals surface area (Å²) in [4.78, 5) is 10.5. The van der Waals surface area contributed by atoms with Crippen LogP contribution in [0.4, 0.5) is 17.6 Å². The van der Waals surface area contributed by atoms with Crippen LogP contribution in [0.15, 0.2) is 0 Å². The van der Waals surface area contributed by atoms with Gasteiger partial charge in [0.15, 0.2) is 6.10 Å². The van der Waals surface area contributed by atoms with Gasteiger partial charge < -0.3 is 9.47 Å². The normalized spacial score (nSPS) is 13.4. The summed E-state index contributed by atoms with van der Waals surface area (Å²) in [5, 5.41) is 0. The highest BCUT2D eigenvalue weighted by Crippen LogP contribution is 2.27. The highest BCUT2D eigenvalue weighted by Gasteiger charge is 2.41. The molecule has 0 bridgehead atoms. The van der Waals surface area contributed by atoms with Crippen LogP contribution >= 0.6 is 0 Å². The summed E-state index contributed by atoms with van der Waals surface area (Å²) in [5.41, 5.74) is 0. The molecule has 0 aromatic carbocycles. The molecule has 0 rings (SSSR count). The average molecular weight is 274 g/mol. The Balaban J connectivity index is 3.74. The van der Waals surface area contributed by atoms with E-state index < -0.39 is 24.9 Å². The standard InChI is InChI=1S/C11H18F4O3/c1-9(16)18-10(11(13,14)15)5-3-2-4-7-17-8-6-12/h10H,2-8H2,1H3. The van der Waals surface area contributed by atoms with Crippen LogP contribution in [-0.2, 0) is 14.3 Å². The highest BCUT2D eigenvalue weighted by molar-refractivity contribution is 5.66. The van der Waals surface area contributed by atoms with E-state index in [0.717, 1.165) is 6.92 Å². The average Bonchev–Trinajstić information content (AvgIpc) is 2.24. The Morgan fingerprint density at radius 1 is 1.17 bits per heavy atom. The first-order chi connectivity index (χ1) is 8.38. The van der Waals surface area contributed by atoms with Crippen molar-refractivity contribution in [3.8, 4) is 0 Å². The zero-order valence-electron chi connectivity index (χ0n) is 10.3. The van der Waals surface area contributed by atoms with Crippen molar-refractivity contribution < 1.29 is 31.8 Å². The fourth-order valence-corrected chi connectivity index (χ4v) is 1.36. The molecule has 0 saturated carbocycles. The van der Waals surface area contributed by atoms with Gasteiger partial charge in [-0.2, -0.15) is 13.2 Å². The molecule has 18 heavy (non-hydrogen) atoms. The maximum atomic E-state index is 12.4. The number of esters is 1. The first kappa shape index (κ1) is 17.2. The van der Waals surface area contributed by atoms with Crippen molar-refractivity contribution in [2.24, 2.45) is 0 Å². The molecule has 7 heteroatoms. The van der Waals surface area contributed by atoms with Crippen LogP contribution in [0.5, 0.6) is 0 Å². The monoisotopic (exact) mass is 274 g/mol. The lowest BCUT2D eigenvalue weighted by Crippen LogP contribution is -2.33. The zero-order chi connectivity index (χ0) is 14.0. The quantitative estimate of drug-likeness (QED) is 0.368. The first-order valence-corrected chi connectivity index (χ1v) is 5.75. The van der Waals surface area contributed by atoms with E-state index >= 15 is 0 Å². The maximum absolute atomic E-state index is 12.4. The third kappa shape index (κ3) is 9.21. The van der Waals surface area contributed by atoms with E-state index in [-0.39, 0.29) is 19.4 Å². The summed E-state index contributed by atoms with van der Waals surface area (Å²) in [6.45, 7) is 0.721. The molecule has 3 nitrogen and oxygen atoms in total. The summed E-state index contributed by atoms with van der Waals surface area (Å²) in [6.07, 6.45) is -5.48. The minimum atomic E-state index is -4.53. The lowest BCUT2D eigenvalue weighted by atomic mass is 10.1. The fourth-order valence-electron chi connectivity index (χ4n) is 1.36. The van der Waals surface area contributed by atoms with Gasteiger partial charge in [0.1, 0.15) is 6.67 Å². The van der Waals surface area contributed by atoms with Crippen LogP contribution in [0, 0.1) is 0 Å². The van der Waals surface area contributed by atoms with Crippen LogP contribution < -0.4 is 0 Å². The summed E-state index contributed by atoms with van der Waals surface area (Å²) in [6, 6.07) is 0. The summed E-state index contributed by atoms with van der Waals surface area (Å²) in [7, 11) is 0. The molecule has 0 aliphatic rings. The highest BCUT2D eigenvalue weighted by atomic mass is 19.4. The number of alkyl halides is 4. The number of carbonyl (C=O) groups excluding carboxylic acids is 1. The number of carbonyl (C=O) groups is 1. The Bertz CT molecular complexity index is 231. The van der Waals surface area contributed by atoms with Crippen LogP contribution in [0.2, 0.25) is 0 Å². The van der Waals surface area contributed by atoms with Crippen molar-refractivity contribution in [1.82, 2.24) is 0 Å². The molecule has 108 valence electrons. The van der Waals surface area contributed by atoms with E-state index in [1.165, 1.54) is 0 Å². The first-order valence-electron chi connectivity index (χ1n) is 5.75. The van der Waals surface area contributed by atoms with Crippen LogP contribution in [0.25, 0.3) is 0 Å². The SMILES string of the molecule is CC(=O)OC(CCCCCOCCF)C(F)(F)F. The minimum absolute atomic E-state index is 0.0125. The molecule has 0 fully saturated rings. The van der Waals surface area contributed by atoms with Gasteiger partial charge in [-0.3, -0.25) is 4.79 Å².